The third-order valence-electron chi connectivity index (χ3n) is 3.38. The van der Waals surface area contributed by atoms with Gasteiger partial charge in [0.15, 0.2) is 0 Å². The van der Waals surface area contributed by atoms with Crippen LogP contribution in [-0.2, 0) is 10.2 Å². The smallest absolute Gasteiger partial charge is 0.202 e. The molecular weight excluding hydrogens is 316 g/mol. The minimum Gasteiger partial charge on any atom is -0.202 e. The van der Waals surface area contributed by atoms with Gasteiger partial charge in [0.25, 0.3) is 10.2 Å². The first kappa shape index (κ1) is 16.4. The highest BCUT2D eigenvalue weighted by Crippen LogP contribution is 2.17. The van der Waals surface area contributed by atoms with Crippen molar-refractivity contribution in [2.24, 2.45) is 11.8 Å². The summed E-state index contributed by atoms with van der Waals surface area (Å²) < 4.78 is 28.4. The van der Waals surface area contributed by atoms with E-state index in [1.165, 1.54) is 0 Å². The third kappa shape index (κ3) is 5.55. The molecule has 0 aromatic heterocycles. The monoisotopic (exact) mass is 340 g/mol. The van der Waals surface area contributed by atoms with Gasteiger partial charge in [-0.1, -0.05) is 29.8 Å². The van der Waals surface area contributed by atoms with Crippen molar-refractivity contribution in [3.05, 3.63) is 0 Å². The molecule has 0 aromatic carbocycles. The summed E-state index contributed by atoms with van der Waals surface area (Å²) in [6.07, 6.45) is 4.05. The molecule has 108 valence electrons. The van der Waals surface area contributed by atoms with Crippen molar-refractivity contribution in [1.82, 2.24) is 9.03 Å². The van der Waals surface area contributed by atoms with Gasteiger partial charge in [-0.2, -0.15) is 12.7 Å². The van der Waals surface area contributed by atoms with Crippen LogP contribution in [0.15, 0.2) is 0 Å². The summed E-state index contributed by atoms with van der Waals surface area (Å²) in [4.78, 5) is 0. The first-order valence-corrected chi connectivity index (χ1v) is 9.32. The molecule has 6 heteroatoms. The summed E-state index contributed by atoms with van der Waals surface area (Å²) >= 11 is 3.43. The molecule has 1 fully saturated rings. The van der Waals surface area contributed by atoms with Gasteiger partial charge in [-0.25, -0.2) is 4.72 Å². The average Bonchev–Trinajstić information content (AvgIpc) is 2.34. The van der Waals surface area contributed by atoms with E-state index >= 15 is 0 Å². The summed E-state index contributed by atoms with van der Waals surface area (Å²) in [6, 6.07) is 0. The lowest BCUT2D eigenvalue weighted by Crippen LogP contribution is -2.45. The van der Waals surface area contributed by atoms with Gasteiger partial charge in [0.05, 0.1) is 0 Å². The van der Waals surface area contributed by atoms with Crippen molar-refractivity contribution in [2.45, 2.75) is 39.5 Å². The van der Waals surface area contributed by atoms with Crippen molar-refractivity contribution in [3.8, 4) is 0 Å². The van der Waals surface area contributed by atoms with E-state index in [1.54, 1.807) is 4.31 Å². The molecule has 1 aliphatic rings. The Morgan fingerprint density at radius 2 is 2.22 bits per heavy atom. The molecule has 18 heavy (non-hydrogen) atoms. The van der Waals surface area contributed by atoms with Crippen molar-refractivity contribution in [2.75, 3.05) is 25.0 Å². The number of rotatable bonds is 7. The molecular formula is C12H25BrN2O2S. The Morgan fingerprint density at radius 3 is 2.83 bits per heavy atom. The fourth-order valence-corrected chi connectivity index (χ4v) is 3.91. The predicted molar refractivity (Wildman–Crippen MR) is 79.1 cm³/mol. The zero-order valence-electron chi connectivity index (χ0n) is 11.4. The standard InChI is InChI=1S/C12H25BrN2O2S/c1-11(9-13)5-3-7-14-18(16,17)15-8-4-6-12(2)10-15/h11-12,14H,3-10H2,1-2H3. The molecule has 0 aliphatic carbocycles. The lowest BCUT2D eigenvalue weighted by atomic mass is 10.0. The van der Waals surface area contributed by atoms with E-state index in [0.717, 1.165) is 31.0 Å². The van der Waals surface area contributed by atoms with E-state index in [2.05, 4.69) is 34.5 Å². The molecule has 0 bridgehead atoms. The minimum atomic E-state index is -3.25. The van der Waals surface area contributed by atoms with E-state index in [1.807, 2.05) is 0 Å². The number of nitrogens with one attached hydrogen (secondary N) is 1. The molecule has 0 spiro atoms. The van der Waals surface area contributed by atoms with Gasteiger partial charge in [0.1, 0.15) is 0 Å². The molecule has 0 aromatic rings. The Morgan fingerprint density at radius 1 is 1.50 bits per heavy atom. The second-order valence-corrected chi connectivity index (χ2v) is 7.81. The lowest BCUT2D eigenvalue weighted by molar-refractivity contribution is 0.278. The Hall–Kier alpha value is 0.350. The third-order valence-corrected chi connectivity index (χ3v) is 6.07. The van der Waals surface area contributed by atoms with Crippen LogP contribution in [0.1, 0.15) is 39.5 Å². The van der Waals surface area contributed by atoms with Gasteiger partial charge in [0, 0.05) is 25.0 Å². The molecule has 1 aliphatic heterocycles. The van der Waals surface area contributed by atoms with Crippen LogP contribution in [0.5, 0.6) is 0 Å². The average molecular weight is 341 g/mol. The second kappa shape index (κ2) is 7.82. The molecule has 0 amide bonds. The number of hydrogen-bond donors (Lipinski definition) is 1. The normalized spacial score (nSPS) is 24.1. The zero-order valence-corrected chi connectivity index (χ0v) is 13.8. The van der Waals surface area contributed by atoms with Gasteiger partial charge < -0.3 is 0 Å². The predicted octanol–water partition coefficient (Wildman–Crippen LogP) is 2.36. The van der Waals surface area contributed by atoms with Crippen LogP contribution in [0.4, 0.5) is 0 Å². The van der Waals surface area contributed by atoms with Crippen LogP contribution in [0.3, 0.4) is 0 Å². The van der Waals surface area contributed by atoms with E-state index < -0.39 is 10.2 Å². The van der Waals surface area contributed by atoms with Crippen molar-refractivity contribution in [3.63, 3.8) is 0 Å². The van der Waals surface area contributed by atoms with Gasteiger partial charge in [-0.3, -0.25) is 0 Å². The van der Waals surface area contributed by atoms with E-state index in [-0.39, 0.29) is 0 Å². The highest BCUT2D eigenvalue weighted by atomic mass is 79.9. The highest BCUT2D eigenvalue weighted by molar-refractivity contribution is 9.09. The van der Waals surface area contributed by atoms with Crippen LogP contribution >= 0.6 is 15.9 Å². The number of alkyl halides is 1. The Balaban J connectivity index is 2.31. The van der Waals surface area contributed by atoms with Crippen LogP contribution in [0.2, 0.25) is 0 Å². The van der Waals surface area contributed by atoms with Crippen LogP contribution in [-0.4, -0.2) is 37.7 Å². The van der Waals surface area contributed by atoms with Crippen molar-refractivity contribution >= 4 is 26.1 Å². The lowest BCUT2D eigenvalue weighted by Gasteiger charge is -2.30. The first-order valence-electron chi connectivity index (χ1n) is 6.76. The Kier molecular flexibility index (Phi) is 7.13. The van der Waals surface area contributed by atoms with Crippen LogP contribution < -0.4 is 4.72 Å². The second-order valence-electron chi connectivity index (χ2n) is 5.41. The number of hydrogen-bond acceptors (Lipinski definition) is 2. The fraction of sp³-hybridized carbons (Fsp3) is 1.00. The van der Waals surface area contributed by atoms with Crippen molar-refractivity contribution < 1.29 is 8.42 Å². The molecule has 1 N–H and O–H groups in total. The highest BCUT2D eigenvalue weighted by Gasteiger charge is 2.26. The van der Waals surface area contributed by atoms with Gasteiger partial charge in [-0.05, 0) is 37.5 Å². The quantitative estimate of drug-likeness (QED) is 0.571. The summed E-state index contributed by atoms with van der Waals surface area (Å²) in [5, 5.41) is 0.976. The molecule has 0 radical (unpaired) electrons. The van der Waals surface area contributed by atoms with E-state index in [4.69, 9.17) is 0 Å². The molecule has 4 nitrogen and oxygen atoms in total. The summed E-state index contributed by atoms with van der Waals surface area (Å²) in [5.74, 6) is 1.08. The molecule has 0 saturated carbocycles. The molecule has 2 atom stereocenters. The number of nitrogens with zero attached hydrogens (tertiary/aromatic N) is 1. The maximum Gasteiger partial charge on any atom is 0.279 e. The Bertz CT molecular complexity index is 335. The van der Waals surface area contributed by atoms with Crippen molar-refractivity contribution in [1.29, 1.82) is 0 Å². The zero-order chi connectivity index (χ0) is 13.6. The topological polar surface area (TPSA) is 49.4 Å². The molecule has 1 saturated heterocycles. The van der Waals surface area contributed by atoms with Crippen LogP contribution in [0.25, 0.3) is 0 Å². The van der Waals surface area contributed by atoms with Crippen LogP contribution in [0, 0.1) is 11.8 Å². The Labute approximate surface area is 120 Å². The largest absolute Gasteiger partial charge is 0.279 e. The summed E-state index contributed by atoms with van der Waals surface area (Å²) in [5.41, 5.74) is 0. The van der Waals surface area contributed by atoms with Gasteiger partial charge in [0.2, 0.25) is 0 Å². The summed E-state index contributed by atoms with van der Waals surface area (Å²) in [7, 11) is -3.25. The fourth-order valence-electron chi connectivity index (χ4n) is 2.18. The maximum absolute atomic E-state index is 12.1. The number of halogens is 1. The van der Waals surface area contributed by atoms with Gasteiger partial charge >= 0.3 is 0 Å². The number of piperidine rings is 1. The first-order chi connectivity index (χ1) is 8.45. The molecule has 2 unspecified atom stereocenters. The summed E-state index contributed by atoms with van der Waals surface area (Å²) in [6.45, 7) is 6.14. The van der Waals surface area contributed by atoms with E-state index in [0.29, 0.717) is 31.5 Å². The minimum absolute atomic E-state index is 0.476. The van der Waals surface area contributed by atoms with E-state index in [9.17, 15) is 8.42 Å². The molecule has 1 rings (SSSR count). The molecule has 1 heterocycles. The maximum atomic E-state index is 12.1. The SMILES string of the molecule is CC(CBr)CCCNS(=O)(=O)N1CCCC(C)C1. The van der Waals surface area contributed by atoms with Gasteiger partial charge in [-0.15, -0.1) is 0 Å².